The molecule has 2 aromatic rings. The number of benzene rings is 2. The van der Waals surface area contributed by atoms with E-state index in [1.807, 2.05) is 6.07 Å². The Bertz CT molecular complexity index is 738. The van der Waals surface area contributed by atoms with E-state index < -0.39 is 5.97 Å². The van der Waals surface area contributed by atoms with Crippen molar-refractivity contribution >= 4 is 40.8 Å². The first kappa shape index (κ1) is 15.7. The second-order valence-corrected chi connectivity index (χ2v) is 5.30. The average Bonchev–Trinajstić information content (AvgIpc) is 2.49. The maximum Gasteiger partial charge on any atom is 0.341 e. The normalized spacial score (nSPS) is 10.0. The minimum absolute atomic E-state index is 0.00746. The largest absolute Gasteiger partial charge is 0.457 e. The number of halogens is 3. The van der Waals surface area contributed by atoms with E-state index in [-0.39, 0.29) is 27.2 Å². The van der Waals surface area contributed by atoms with Gasteiger partial charge in [0.2, 0.25) is 0 Å². The molecular formula is C15H8Cl3NO2. The van der Waals surface area contributed by atoms with Crippen LogP contribution in [0.3, 0.4) is 0 Å². The Morgan fingerprint density at radius 3 is 2.57 bits per heavy atom. The molecule has 0 aliphatic carbocycles. The van der Waals surface area contributed by atoms with Gasteiger partial charge < -0.3 is 4.74 Å². The zero-order valence-corrected chi connectivity index (χ0v) is 12.8. The van der Waals surface area contributed by atoms with Crippen molar-refractivity contribution in [3.05, 3.63) is 68.2 Å². The fraction of sp³-hybridized carbons (Fsp3) is 0.0667. The number of hydrogen-bond donors (Lipinski definition) is 0. The van der Waals surface area contributed by atoms with Gasteiger partial charge in [0.15, 0.2) is 0 Å². The lowest BCUT2D eigenvalue weighted by atomic mass is 10.1. The van der Waals surface area contributed by atoms with Crippen molar-refractivity contribution in [3.63, 3.8) is 0 Å². The molecule has 3 nitrogen and oxygen atoms in total. The maximum absolute atomic E-state index is 12.1. The fourth-order valence-corrected chi connectivity index (χ4v) is 2.35. The van der Waals surface area contributed by atoms with Gasteiger partial charge in [-0.1, -0.05) is 46.9 Å². The van der Waals surface area contributed by atoms with E-state index in [0.717, 1.165) is 0 Å². The van der Waals surface area contributed by atoms with E-state index in [1.165, 1.54) is 12.1 Å². The molecule has 106 valence electrons. The molecule has 0 heterocycles. The molecule has 0 fully saturated rings. The molecule has 0 spiro atoms. The molecule has 0 bridgehead atoms. The summed E-state index contributed by atoms with van der Waals surface area (Å²) in [5, 5.41) is 9.26. The van der Waals surface area contributed by atoms with Crippen molar-refractivity contribution in [2.75, 3.05) is 0 Å². The molecule has 0 aromatic heterocycles. The first-order valence-electron chi connectivity index (χ1n) is 5.82. The Kier molecular flexibility index (Phi) is 5.08. The fourth-order valence-electron chi connectivity index (χ4n) is 1.67. The molecule has 0 amide bonds. The van der Waals surface area contributed by atoms with Gasteiger partial charge in [0.1, 0.15) is 6.61 Å². The summed E-state index contributed by atoms with van der Waals surface area (Å²) in [6.07, 6.45) is 0. The van der Waals surface area contributed by atoms with Crippen LogP contribution < -0.4 is 0 Å². The van der Waals surface area contributed by atoms with E-state index in [4.69, 9.17) is 44.8 Å². The molecule has 6 heteroatoms. The van der Waals surface area contributed by atoms with Crippen molar-refractivity contribution < 1.29 is 9.53 Å². The standard InChI is InChI=1S/C15H8Cl3NO2/c16-11-4-5-12(17)14(18)13(11)15(20)21-8-10-3-1-2-9(6-10)7-19/h1-6H,8H2. The van der Waals surface area contributed by atoms with Gasteiger partial charge in [0.25, 0.3) is 0 Å². The third-order valence-corrected chi connectivity index (χ3v) is 3.79. The lowest BCUT2D eigenvalue weighted by molar-refractivity contribution is 0.0473. The quantitative estimate of drug-likeness (QED) is 0.591. The van der Waals surface area contributed by atoms with Crippen molar-refractivity contribution in [3.8, 4) is 6.07 Å². The lowest BCUT2D eigenvalue weighted by Crippen LogP contribution is -2.07. The van der Waals surface area contributed by atoms with Crippen LogP contribution in [0.1, 0.15) is 21.5 Å². The molecule has 21 heavy (non-hydrogen) atoms. The topological polar surface area (TPSA) is 50.1 Å². The van der Waals surface area contributed by atoms with Crippen LogP contribution in [0, 0.1) is 11.3 Å². The first-order valence-corrected chi connectivity index (χ1v) is 6.96. The number of carbonyl (C=O) groups excluding carboxylic acids is 1. The molecule has 2 rings (SSSR count). The number of esters is 1. The molecule has 0 aliphatic heterocycles. The zero-order valence-electron chi connectivity index (χ0n) is 10.6. The predicted octanol–water partition coefficient (Wildman–Crippen LogP) is 4.88. The Hall–Kier alpha value is -1.73. The third-order valence-electron chi connectivity index (χ3n) is 2.67. The van der Waals surface area contributed by atoms with Gasteiger partial charge in [0.05, 0.1) is 32.3 Å². The number of ether oxygens (including phenoxy) is 1. The molecule has 2 aromatic carbocycles. The van der Waals surface area contributed by atoms with Gasteiger partial charge in [-0.3, -0.25) is 0 Å². The Labute approximate surface area is 136 Å². The van der Waals surface area contributed by atoms with Crippen molar-refractivity contribution in [2.45, 2.75) is 6.61 Å². The summed E-state index contributed by atoms with van der Waals surface area (Å²) in [5.41, 5.74) is 1.21. The smallest absolute Gasteiger partial charge is 0.341 e. The first-order chi connectivity index (χ1) is 10.0. The van der Waals surface area contributed by atoms with E-state index in [9.17, 15) is 4.79 Å². The highest BCUT2D eigenvalue weighted by Gasteiger charge is 2.18. The predicted molar refractivity (Wildman–Crippen MR) is 81.7 cm³/mol. The minimum atomic E-state index is -0.671. The molecule has 0 aliphatic rings. The zero-order chi connectivity index (χ0) is 15.4. The summed E-state index contributed by atoms with van der Waals surface area (Å²) >= 11 is 17.8. The summed E-state index contributed by atoms with van der Waals surface area (Å²) in [6, 6.07) is 11.7. The van der Waals surface area contributed by atoms with Crippen LogP contribution in [-0.4, -0.2) is 5.97 Å². The Morgan fingerprint density at radius 1 is 1.14 bits per heavy atom. The number of rotatable bonds is 3. The summed E-state index contributed by atoms with van der Waals surface area (Å²) in [4.78, 5) is 12.1. The van der Waals surface area contributed by atoms with Crippen LogP contribution in [-0.2, 0) is 11.3 Å². The Morgan fingerprint density at radius 2 is 1.86 bits per heavy atom. The van der Waals surface area contributed by atoms with Crippen molar-refractivity contribution in [1.82, 2.24) is 0 Å². The second kappa shape index (κ2) is 6.82. The van der Waals surface area contributed by atoms with Gasteiger partial charge in [-0.05, 0) is 29.8 Å². The van der Waals surface area contributed by atoms with Gasteiger partial charge in [-0.2, -0.15) is 5.26 Å². The minimum Gasteiger partial charge on any atom is -0.457 e. The van der Waals surface area contributed by atoms with Crippen LogP contribution in [0.4, 0.5) is 0 Å². The van der Waals surface area contributed by atoms with Crippen LogP contribution in [0.15, 0.2) is 36.4 Å². The summed E-state index contributed by atoms with van der Waals surface area (Å²) in [6.45, 7) is 0.00746. The second-order valence-electron chi connectivity index (χ2n) is 4.11. The van der Waals surface area contributed by atoms with E-state index in [1.54, 1.807) is 24.3 Å². The molecular weight excluding hydrogens is 333 g/mol. The van der Waals surface area contributed by atoms with Crippen molar-refractivity contribution in [1.29, 1.82) is 5.26 Å². The van der Waals surface area contributed by atoms with Crippen LogP contribution in [0.25, 0.3) is 0 Å². The molecule has 0 N–H and O–H groups in total. The van der Waals surface area contributed by atoms with Crippen LogP contribution >= 0.6 is 34.8 Å². The van der Waals surface area contributed by atoms with Gasteiger partial charge in [-0.25, -0.2) is 4.79 Å². The van der Waals surface area contributed by atoms with E-state index in [2.05, 4.69) is 0 Å². The number of nitriles is 1. The molecule has 0 saturated carbocycles. The van der Waals surface area contributed by atoms with Gasteiger partial charge in [0, 0.05) is 0 Å². The molecule has 0 saturated heterocycles. The summed E-state index contributed by atoms with van der Waals surface area (Å²) in [5.74, 6) is -0.671. The van der Waals surface area contributed by atoms with Crippen LogP contribution in [0.5, 0.6) is 0 Å². The lowest BCUT2D eigenvalue weighted by Gasteiger charge is -2.09. The summed E-state index contributed by atoms with van der Waals surface area (Å²) in [7, 11) is 0. The Balaban J connectivity index is 2.16. The monoisotopic (exact) mass is 339 g/mol. The highest BCUT2D eigenvalue weighted by Crippen LogP contribution is 2.32. The molecule has 0 atom stereocenters. The van der Waals surface area contributed by atoms with E-state index >= 15 is 0 Å². The average molecular weight is 341 g/mol. The third kappa shape index (κ3) is 3.68. The highest BCUT2D eigenvalue weighted by atomic mass is 35.5. The van der Waals surface area contributed by atoms with Gasteiger partial charge >= 0.3 is 5.97 Å². The molecule has 0 unspecified atom stereocenters. The molecule has 0 radical (unpaired) electrons. The number of hydrogen-bond acceptors (Lipinski definition) is 3. The van der Waals surface area contributed by atoms with Crippen molar-refractivity contribution in [2.24, 2.45) is 0 Å². The SMILES string of the molecule is N#Cc1cccc(COC(=O)c2c(Cl)ccc(Cl)c2Cl)c1. The van der Waals surface area contributed by atoms with E-state index in [0.29, 0.717) is 11.1 Å². The summed E-state index contributed by atoms with van der Waals surface area (Å²) < 4.78 is 5.15. The number of carbonyl (C=O) groups is 1. The highest BCUT2D eigenvalue weighted by molar-refractivity contribution is 6.46. The van der Waals surface area contributed by atoms with Crippen LogP contribution in [0.2, 0.25) is 15.1 Å². The number of nitrogens with zero attached hydrogens (tertiary/aromatic N) is 1. The van der Waals surface area contributed by atoms with Gasteiger partial charge in [-0.15, -0.1) is 0 Å². The maximum atomic E-state index is 12.1.